The van der Waals surface area contributed by atoms with Crippen LogP contribution in [0.1, 0.15) is 21.9 Å². The molecule has 0 saturated carbocycles. The van der Waals surface area contributed by atoms with Crippen molar-refractivity contribution in [1.82, 2.24) is 9.97 Å². The molecule has 4 rings (SSSR count). The molecule has 142 valence electrons. The smallest absolute Gasteiger partial charge is 0.274 e. The van der Waals surface area contributed by atoms with Crippen LogP contribution < -0.4 is 15.1 Å². The van der Waals surface area contributed by atoms with Crippen molar-refractivity contribution in [2.24, 2.45) is 0 Å². The van der Waals surface area contributed by atoms with Gasteiger partial charge in [0.05, 0.1) is 0 Å². The minimum absolute atomic E-state index is 0.239. The summed E-state index contributed by atoms with van der Waals surface area (Å²) in [5.41, 5.74) is 4.62. The van der Waals surface area contributed by atoms with Crippen LogP contribution >= 0.6 is 0 Å². The first-order valence-electron chi connectivity index (χ1n) is 9.31. The van der Waals surface area contributed by atoms with Crippen LogP contribution in [0.3, 0.4) is 0 Å². The molecular formula is C22H23N5O. The molecule has 0 radical (unpaired) electrons. The first-order valence-corrected chi connectivity index (χ1v) is 9.31. The Morgan fingerprint density at radius 1 is 1.07 bits per heavy atom. The van der Waals surface area contributed by atoms with Crippen molar-refractivity contribution >= 4 is 28.8 Å². The second-order valence-corrected chi connectivity index (χ2v) is 7.08. The molecule has 1 aliphatic heterocycles. The molecule has 1 aromatic heterocycles. The van der Waals surface area contributed by atoms with Gasteiger partial charge in [0.15, 0.2) is 0 Å². The summed E-state index contributed by atoms with van der Waals surface area (Å²) in [7, 11) is 3.96. The molecule has 1 amide bonds. The fourth-order valence-corrected chi connectivity index (χ4v) is 3.42. The van der Waals surface area contributed by atoms with Gasteiger partial charge in [-0.2, -0.15) is 0 Å². The Morgan fingerprint density at radius 3 is 2.57 bits per heavy atom. The highest BCUT2D eigenvalue weighted by molar-refractivity contribution is 6.03. The molecule has 3 aromatic rings. The van der Waals surface area contributed by atoms with E-state index in [0.29, 0.717) is 11.5 Å². The molecule has 1 aliphatic rings. The summed E-state index contributed by atoms with van der Waals surface area (Å²) in [6.45, 7) is 2.66. The van der Waals surface area contributed by atoms with Gasteiger partial charge in [-0.15, -0.1) is 0 Å². The molecule has 1 N–H and O–H groups in total. The SMILES string of the molecule is Cc1nc(C(=O)Nc2ccc(N(C)C)cc2)cc(N2CCc3ccccc32)n1. The zero-order valence-electron chi connectivity index (χ0n) is 16.3. The number of para-hydroxylation sites is 1. The Hall–Kier alpha value is -3.41. The van der Waals surface area contributed by atoms with Crippen LogP contribution in [0, 0.1) is 6.92 Å². The first-order chi connectivity index (χ1) is 13.5. The van der Waals surface area contributed by atoms with Gasteiger partial charge >= 0.3 is 0 Å². The van der Waals surface area contributed by atoms with Crippen LogP contribution in [-0.2, 0) is 6.42 Å². The lowest BCUT2D eigenvalue weighted by Crippen LogP contribution is -2.19. The summed E-state index contributed by atoms with van der Waals surface area (Å²) < 4.78 is 0. The zero-order chi connectivity index (χ0) is 19.7. The predicted octanol–water partition coefficient (Wildman–Crippen LogP) is 3.80. The number of amides is 1. The Kier molecular flexibility index (Phi) is 4.69. The third kappa shape index (κ3) is 3.53. The van der Waals surface area contributed by atoms with Crippen LogP contribution in [0.2, 0.25) is 0 Å². The monoisotopic (exact) mass is 373 g/mol. The number of rotatable bonds is 4. The normalized spacial score (nSPS) is 12.6. The minimum Gasteiger partial charge on any atom is -0.378 e. The van der Waals surface area contributed by atoms with Crippen molar-refractivity contribution in [2.45, 2.75) is 13.3 Å². The van der Waals surface area contributed by atoms with Gasteiger partial charge in [-0.05, 0) is 49.2 Å². The highest BCUT2D eigenvalue weighted by Crippen LogP contribution is 2.33. The fourth-order valence-electron chi connectivity index (χ4n) is 3.42. The Labute approximate surface area is 164 Å². The number of hydrogen-bond donors (Lipinski definition) is 1. The highest BCUT2D eigenvalue weighted by atomic mass is 16.1. The van der Waals surface area contributed by atoms with E-state index >= 15 is 0 Å². The van der Waals surface area contributed by atoms with E-state index in [-0.39, 0.29) is 5.91 Å². The van der Waals surface area contributed by atoms with E-state index < -0.39 is 0 Å². The number of aryl methyl sites for hydroxylation is 1. The van der Waals surface area contributed by atoms with Crippen molar-refractivity contribution in [3.05, 3.63) is 71.7 Å². The van der Waals surface area contributed by atoms with Crippen molar-refractivity contribution < 1.29 is 4.79 Å². The lowest BCUT2D eigenvalue weighted by atomic mass is 10.2. The van der Waals surface area contributed by atoms with Crippen LogP contribution in [0.15, 0.2) is 54.6 Å². The van der Waals surface area contributed by atoms with Gasteiger partial charge < -0.3 is 15.1 Å². The second-order valence-electron chi connectivity index (χ2n) is 7.08. The summed E-state index contributed by atoms with van der Waals surface area (Å²) in [6.07, 6.45) is 0.971. The van der Waals surface area contributed by atoms with Crippen LogP contribution in [0.5, 0.6) is 0 Å². The summed E-state index contributed by atoms with van der Waals surface area (Å²) in [4.78, 5) is 25.8. The molecule has 2 heterocycles. The Bertz CT molecular complexity index is 1010. The lowest BCUT2D eigenvalue weighted by molar-refractivity contribution is 0.102. The predicted molar refractivity (Wildman–Crippen MR) is 113 cm³/mol. The molecule has 2 aromatic carbocycles. The number of carbonyl (C=O) groups is 1. The largest absolute Gasteiger partial charge is 0.378 e. The zero-order valence-corrected chi connectivity index (χ0v) is 16.3. The quantitative estimate of drug-likeness (QED) is 0.754. The van der Waals surface area contributed by atoms with Crippen molar-refractivity contribution in [2.75, 3.05) is 35.8 Å². The summed E-state index contributed by atoms with van der Waals surface area (Å²) in [5.74, 6) is 1.09. The molecule has 0 saturated heterocycles. The number of nitrogens with one attached hydrogen (secondary N) is 1. The molecule has 0 aliphatic carbocycles. The van der Waals surface area contributed by atoms with E-state index in [4.69, 9.17) is 0 Å². The maximum atomic E-state index is 12.8. The van der Waals surface area contributed by atoms with E-state index in [9.17, 15) is 4.79 Å². The first kappa shape index (κ1) is 18.0. The van der Waals surface area contributed by atoms with Crippen molar-refractivity contribution in [3.8, 4) is 0 Å². The van der Waals surface area contributed by atoms with E-state index in [1.54, 1.807) is 6.07 Å². The number of aromatic nitrogens is 2. The third-order valence-electron chi connectivity index (χ3n) is 4.86. The summed E-state index contributed by atoms with van der Waals surface area (Å²) >= 11 is 0. The molecule has 28 heavy (non-hydrogen) atoms. The molecule has 6 heteroatoms. The molecule has 0 fully saturated rings. The fraction of sp³-hybridized carbons (Fsp3) is 0.227. The topological polar surface area (TPSA) is 61.4 Å². The van der Waals surface area contributed by atoms with Gasteiger partial charge in [-0.3, -0.25) is 4.79 Å². The van der Waals surface area contributed by atoms with Gasteiger partial charge in [0.2, 0.25) is 0 Å². The Morgan fingerprint density at radius 2 is 1.82 bits per heavy atom. The maximum absolute atomic E-state index is 12.8. The maximum Gasteiger partial charge on any atom is 0.274 e. The molecule has 0 spiro atoms. The number of benzene rings is 2. The van der Waals surface area contributed by atoms with E-state index in [1.807, 2.05) is 62.3 Å². The number of nitrogens with zero attached hydrogens (tertiary/aromatic N) is 4. The average molecular weight is 373 g/mol. The standard InChI is InChI=1S/C22H23N5O/c1-15-23-19(22(28)25-17-8-10-18(11-9-17)26(2)3)14-21(24-15)27-13-12-16-6-4-5-7-20(16)27/h4-11,14H,12-13H2,1-3H3,(H,25,28). The van der Waals surface area contributed by atoms with E-state index in [2.05, 4.69) is 32.3 Å². The van der Waals surface area contributed by atoms with Crippen LogP contribution in [0.25, 0.3) is 0 Å². The minimum atomic E-state index is -0.239. The van der Waals surface area contributed by atoms with Gasteiger partial charge in [0.1, 0.15) is 17.3 Å². The average Bonchev–Trinajstić information content (AvgIpc) is 3.12. The van der Waals surface area contributed by atoms with Gasteiger partial charge in [-0.1, -0.05) is 18.2 Å². The van der Waals surface area contributed by atoms with E-state index in [0.717, 1.165) is 35.8 Å². The van der Waals surface area contributed by atoms with Crippen molar-refractivity contribution in [3.63, 3.8) is 0 Å². The number of anilines is 4. The highest BCUT2D eigenvalue weighted by Gasteiger charge is 2.22. The molecular weight excluding hydrogens is 350 g/mol. The molecule has 0 unspecified atom stereocenters. The van der Waals surface area contributed by atoms with Gasteiger partial charge in [0.25, 0.3) is 5.91 Å². The number of fused-ring (bicyclic) bond motifs is 1. The number of carbonyl (C=O) groups excluding carboxylic acids is 1. The summed E-state index contributed by atoms with van der Waals surface area (Å²) in [5, 5.41) is 2.92. The van der Waals surface area contributed by atoms with Gasteiger partial charge in [0, 0.05) is 43.8 Å². The van der Waals surface area contributed by atoms with Crippen LogP contribution in [-0.4, -0.2) is 36.5 Å². The molecule has 0 bridgehead atoms. The lowest BCUT2D eigenvalue weighted by Gasteiger charge is -2.19. The summed E-state index contributed by atoms with van der Waals surface area (Å²) in [6, 6.07) is 17.8. The molecule has 0 atom stereocenters. The third-order valence-corrected chi connectivity index (χ3v) is 4.86. The Balaban J connectivity index is 1.58. The van der Waals surface area contributed by atoms with Crippen molar-refractivity contribution in [1.29, 1.82) is 0 Å². The molecule has 6 nitrogen and oxygen atoms in total. The van der Waals surface area contributed by atoms with Gasteiger partial charge in [-0.25, -0.2) is 9.97 Å². The van der Waals surface area contributed by atoms with E-state index in [1.165, 1.54) is 5.56 Å². The van der Waals surface area contributed by atoms with Crippen LogP contribution in [0.4, 0.5) is 22.9 Å². The second kappa shape index (κ2) is 7.31. The number of hydrogen-bond acceptors (Lipinski definition) is 5.